The highest BCUT2D eigenvalue weighted by molar-refractivity contribution is 5.97. The van der Waals surface area contributed by atoms with Crippen LogP contribution in [0.2, 0.25) is 0 Å². The van der Waals surface area contributed by atoms with Gasteiger partial charge in [-0.1, -0.05) is 80.4 Å². The Morgan fingerprint density at radius 2 is 1.35 bits per heavy atom. The molecule has 0 aromatic heterocycles. The van der Waals surface area contributed by atoms with Gasteiger partial charge in [0.25, 0.3) is 0 Å². The molecule has 0 aliphatic carbocycles. The lowest BCUT2D eigenvalue weighted by atomic mass is 9.83. The number of nitrogens with two attached hydrogens (primary N) is 2. The first-order valence-corrected chi connectivity index (χ1v) is 27.9. The normalized spacial score (nSPS) is 14.0. The molecule has 0 spiro atoms. The Labute approximate surface area is 469 Å². The van der Waals surface area contributed by atoms with Crippen LogP contribution in [0, 0.1) is 35.5 Å². The van der Waals surface area contributed by atoms with E-state index in [-0.39, 0.29) is 149 Å². The molecule has 7 atom stereocenters. The van der Waals surface area contributed by atoms with Crippen molar-refractivity contribution < 1.29 is 66.9 Å². The summed E-state index contributed by atoms with van der Waals surface area (Å²) in [4.78, 5) is 132. The number of ether oxygens (including phenoxy) is 4. The number of hydrogen-bond donors (Lipinski definition) is 6. The lowest BCUT2D eigenvalue weighted by Gasteiger charge is -2.40. The molecule has 3 unspecified atom stereocenters. The SMILES string of the molecule is CC[C@H](C)[C@@H]([C@@H](CC(C)=O)OC)N(C)C(=O)C(CC(=O)C(C(C)C)N(C)C(=O)COCCOCCNC(=O)OCc1ccc(NC(=O)[C@H](CCCNC(N)=O)CC(=O)C(NC(=O)CCCCCC(=O)CN)C(C)C)cc1)C(C)C. The third-order valence-corrected chi connectivity index (χ3v) is 14.0. The number of alkyl carbamates (subject to hydrolysis) is 1. The van der Waals surface area contributed by atoms with E-state index in [1.807, 2.05) is 41.5 Å². The van der Waals surface area contributed by atoms with Crippen LogP contribution in [0.15, 0.2) is 24.3 Å². The van der Waals surface area contributed by atoms with Gasteiger partial charge in [0, 0.05) is 83.9 Å². The number of likely N-dealkylation sites (N-methyl/N-ethyl adjacent to an activating group) is 2. The molecule has 7 amide bonds. The van der Waals surface area contributed by atoms with Gasteiger partial charge in [-0.15, -0.1) is 0 Å². The second-order valence-corrected chi connectivity index (χ2v) is 21.5. The van der Waals surface area contributed by atoms with Crippen molar-refractivity contribution in [3.05, 3.63) is 29.8 Å². The fourth-order valence-corrected chi connectivity index (χ4v) is 9.25. The van der Waals surface area contributed by atoms with Gasteiger partial charge >= 0.3 is 12.1 Å². The van der Waals surface area contributed by atoms with E-state index in [0.29, 0.717) is 43.4 Å². The number of anilines is 1. The monoisotopic (exact) mass is 1120 g/mol. The van der Waals surface area contributed by atoms with Gasteiger partial charge in [-0.3, -0.25) is 38.4 Å². The van der Waals surface area contributed by atoms with Gasteiger partial charge in [-0.25, -0.2) is 9.59 Å². The van der Waals surface area contributed by atoms with Crippen molar-refractivity contribution in [3.63, 3.8) is 0 Å². The quantitative estimate of drug-likeness (QED) is 0.0464. The second-order valence-electron chi connectivity index (χ2n) is 21.5. The van der Waals surface area contributed by atoms with Gasteiger partial charge in [0.15, 0.2) is 11.6 Å². The molecule has 0 fully saturated rings. The number of carbonyl (C=O) groups excluding carboxylic acids is 10. The number of benzene rings is 1. The zero-order valence-electron chi connectivity index (χ0n) is 49.3. The summed E-state index contributed by atoms with van der Waals surface area (Å²) in [6.07, 6.45) is 2.46. The summed E-state index contributed by atoms with van der Waals surface area (Å²) in [5.74, 6) is -4.13. The Hall–Kier alpha value is -5.84. The molecule has 0 aliphatic rings. The van der Waals surface area contributed by atoms with Crippen LogP contribution < -0.4 is 32.7 Å². The van der Waals surface area contributed by atoms with Crippen LogP contribution in [0.5, 0.6) is 0 Å². The molecule has 79 heavy (non-hydrogen) atoms. The highest BCUT2D eigenvalue weighted by Crippen LogP contribution is 2.28. The van der Waals surface area contributed by atoms with Gasteiger partial charge in [0.1, 0.15) is 24.8 Å². The molecule has 8 N–H and O–H groups in total. The molecule has 1 rings (SSSR count). The highest BCUT2D eigenvalue weighted by atomic mass is 16.6. The standard InChI is InChI=1S/C57H96N8O14/c1-13-39(8)53(48(76-12)30-40(9)66)65(11)55(73)45(36(2)3)32-47(69)52(38(6)7)64(10)50(71)35-78-29-28-77-27-26-61-57(75)79-34-41-21-23-43(24-22-41)62-54(72)42(18-17-25-60-56(59)74)31-46(68)51(37(4)5)63-49(70)20-16-14-15-19-44(67)33-58/h21-24,36-39,42,45,48,51-53H,13-20,25-35,58H2,1-12H3,(H,61,75)(H,62,72)(H,63,70)(H3,59,60,74)/t39-,42+,45?,48+,51?,52?,53-/m0/s1. The molecule has 0 heterocycles. The fourth-order valence-electron chi connectivity index (χ4n) is 9.25. The van der Waals surface area contributed by atoms with E-state index in [4.69, 9.17) is 30.4 Å². The Kier molecular flexibility index (Phi) is 34.9. The van der Waals surface area contributed by atoms with E-state index in [2.05, 4.69) is 21.3 Å². The molecule has 1 aromatic rings. The number of ketones is 4. The number of nitrogens with zero attached hydrogens (tertiary/aromatic N) is 2. The minimum absolute atomic E-state index is 0.0109. The topological polar surface area (TPSA) is 314 Å². The maximum Gasteiger partial charge on any atom is 0.407 e. The van der Waals surface area contributed by atoms with E-state index >= 15 is 0 Å². The number of nitrogens with one attached hydrogen (secondary N) is 4. The molecule has 0 saturated heterocycles. The lowest BCUT2D eigenvalue weighted by molar-refractivity contribution is -0.148. The highest BCUT2D eigenvalue weighted by Gasteiger charge is 2.39. The summed E-state index contributed by atoms with van der Waals surface area (Å²) in [7, 11) is 4.78. The van der Waals surface area contributed by atoms with Crippen LogP contribution in [-0.4, -0.2) is 160 Å². The fraction of sp³-hybridized carbons (Fsp3) is 0.719. The molecule has 0 aliphatic heterocycles. The van der Waals surface area contributed by atoms with E-state index in [9.17, 15) is 47.9 Å². The summed E-state index contributed by atoms with van der Waals surface area (Å²) in [6, 6.07) is 3.87. The van der Waals surface area contributed by atoms with Crippen molar-refractivity contribution in [2.45, 2.75) is 164 Å². The van der Waals surface area contributed by atoms with Crippen LogP contribution in [-0.2, 0) is 63.9 Å². The first-order chi connectivity index (χ1) is 37.3. The number of Topliss-reactive ketones (excluding diaryl/α,β-unsaturated/α-hetero) is 4. The number of hydrogen-bond acceptors (Lipinski definition) is 15. The van der Waals surface area contributed by atoms with E-state index in [1.54, 1.807) is 57.1 Å². The number of unbranched alkanes of at least 4 members (excludes halogenated alkanes) is 2. The van der Waals surface area contributed by atoms with Crippen LogP contribution in [0.4, 0.5) is 15.3 Å². The first kappa shape index (κ1) is 71.2. The second kappa shape index (κ2) is 38.7. The van der Waals surface area contributed by atoms with Crippen LogP contribution >= 0.6 is 0 Å². The van der Waals surface area contributed by atoms with Crippen molar-refractivity contribution >= 4 is 64.6 Å². The van der Waals surface area contributed by atoms with Crippen molar-refractivity contribution in [3.8, 4) is 0 Å². The lowest BCUT2D eigenvalue weighted by Crippen LogP contribution is -2.53. The molecule has 0 bridgehead atoms. The van der Waals surface area contributed by atoms with Crippen LogP contribution in [0.1, 0.15) is 139 Å². The number of amides is 7. The Morgan fingerprint density at radius 1 is 0.709 bits per heavy atom. The van der Waals surface area contributed by atoms with Crippen LogP contribution in [0.25, 0.3) is 0 Å². The van der Waals surface area contributed by atoms with Gasteiger partial charge in [-0.2, -0.15) is 0 Å². The smallest absolute Gasteiger partial charge is 0.407 e. The van der Waals surface area contributed by atoms with E-state index in [0.717, 1.165) is 6.42 Å². The van der Waals surface area contributed by atoms with Crippen molar-refractivity contribution in [2.75, 3.05) is 72.6 Å². The van der Waals surface area contributed by atoms with Gasteiger partial charge in [0.05, 0.1) is 50.6 Å². The zero-order chi connectivity index (χ0) is 59.8. The Morgan fingerprint density at radius 3 is 1.92 bits per heavy atom. The zero-order valence-corrected chi connectivity index (χ0v) is 49.3. The third-order valence-electron chi connectivity index (χ3n) is 14.0. The van der Waals surface area contributed by atoms with E-state index in [1.165, 1.54) is 18.9 Å². The maximum atomic E-state index is 14.1. The summed E-state index contributed by atoms with van der Waals surface area (Å²) < 4.78 is 22.2. The number of primary amides is 1. The van der Waals surface area contributed by atoms with Crippen LogP contribution in [0.3, 0.4) is 0 Å². The largest absolute Gasteiger partial charge is 0.445 e. The number of urea groups is 1. The van der Waals surface area contributed by atoms with Crippen molar-refractivity contribution in [1.29, 1.82) is 0 Å². The van der Waals surface area contributed by atoms with E-state index < -0.39 is 54.0 Å². The summed E-state index contributed by atoms with van der Waals surface area (Å²) >= 11 is 0. The van der Waals surface area contributed by atoms with Gasteiger partial charge < -0.3 is 61.5 Å². The molecule has 22 heteroatoms. The summed E-state index contributed by atoms with van der Waals surface area (Å²) in [5.41, 5.74) is 11.6. The molecule has 1 aromatic carbocycles. The first-order valence-electron chi connectivity index (χ1n) is 27.9. The van der Waals surface area contributed by atoms with Gasteiger partial charge in [-0.05, 0) is 74.0 Å². The van der Waals surface area contributed by atoms with Crippen molar-refractivity contribution in [2.24, 2.45) is 47.0 Å². The Bertz CT molecular complexity index is 2090. The molecular weight excluding hydrogens is 1020 g/mol. The molecule has 448 valence electrons. The summed E-state index contributed by atoms with van der Waals surface area (Å²) in [6.45, 7) is 16.8. The van der Waals surface area contributed by atoms with Crippen molar-refractivity contribution in [1.82, 2.24) is 25.8 Å². The molecular formula is C57H96N8O14. The number of rotatable bonds is 42. The minimum Gasteiger partial charge on any atom is -0.445 e. The van der Waals surface area contributed by atoms with Gasteiger partial charge in [0.2, 0.25) is 23.6 Å². The predicted octanol–water partition coefficient (Wildman–Crippen LogP) is 5.11. The molecule has 0 radical (unpaired) electrons. The Balaban J connectivity index is 2.67. The third kappa shape index (κ3) is 27.7. The number of carbonyl (C=O) groups is 10. The average molecular weight is 1120 g/mol. The summed E-state index contributed by atoms with van der Waals surface area (Å²) in [5, 5.41) is 10.7. The maximum absolute atomic E-state index is 14.1. The number of methoxy groups -OCH3 is 1. The molecule has 0 saturated carbocycles. The molecule has 22 nitrogen and oxygen atoms in total. The minimum atomic E-state index is -0.827. The predicted molar refractivity (Wildman–Crippen MR) is 300 cm³/mol. The average Bonchev–Trinajstić information content (AvgIpc) is 3.40.